The van der Waals surface area contributed by atoms with Gasteiger partial charge in [-0.1, -0.05) is 38.5 Å². The number of hydrogen-bond donors (Lipinski definition) is 2. The summed E-state index contributed by atoms with van der Waals surface area (Å²) in [6, 6.07) is 7.87. The molecule has 0 aromatic heterocycles. The minimum absolute atomic E-state index is 0.0716. The van der Waals surface area contributed by atoms with Crippen LogP contribution in [0.3, 0.4) is 0 Å². The van der Waals surface area contributed by atoms with Crippen molar-refractivity contribution in [3.8, 4) is 0 Å². The first kappa shape index (κ1) is 13.1. The van der Waals surface area contributed by atoms with Gasteiger partial charge >= 0.3 is 0 Å². The van der Waals surface area contributed by atoms with Gasteiger partial charge < -0.3 is 5.32 Å². The van der Waals surface area contributed by atoms with Crippen LogP contribution in [0.1, 0.15) is 39.7 Å². The van der Waals surface area contributed by atoms with Gasteiger partial charge in [-0.2, -0.15) is 0 Å². The highest BCUT2D eigenvalue weighted by Crippen LogP contribution is 2.32. The van der Waals surface area contributed by atoms with Crippen LogP contribution in [-0.2, 0) is 10.3 Å². The quantitative estimate of drug-likeness (QED) is 0.842. The highest BCUT2D eigenvalue weighted by atomic mass is 16.2. The maximum atomic E-state index is 12.3. The molecule has 2 N–H and O–H groups in total. The Hall–Kier alpha value is -1.35. The van der Waals surface area contributed by atoms with E-state index in [4.69, 9.17) is 0 Å². The lowest BCUT2D eigenvalue weighted by Crippen LogP contribution is -2.50. The Bertz CT molecular complexity index is 454. The largest absolute Gasteiger partial charge is 0.324 e. The predicted molar refractivity (Wildman–Crippen MR) is 74.5 cm³/mol. The fourth-order valence-corrected chi connectivity index (χ4v) is 2.52. The molecule has 98 valence electrons. The minimum Gasteiger partial charge on any atom is -0.324 e. The highest BCUT2D eigenvalue weighted by molar-refractivity contribution is 5.96. The topological polar surface area (TPSA) is 41.1 Å². The van der Waals surface area contributed by atoms with Gasteiger partial charge in [-0.15, -0.1) is 0 Å². The molecular formula is C15H22N2O. The Morgan fingerprint density at radius 3 is 2.67 bits per heavy atom. The summed E-state index contributed by atoms with van der Waals surface area (Å²) >= 11 is 0. The normalized spacial score (nSPS) is 23.8. The predicted octanol–water partition coefficient (Wildman–Crippen LogP) is 2.88. The summed E-state index contributed by atoms with van der Waals surface area (Å²) in [6.45, 7) is 8.48. The molecule has 0 radical (unpaired) electrons. The van der Waals surface area contributed by atoms with Crippen molar-refractivity contribution in [1.29, 1.82) is 0 Å². The Labute approximate surface area is 109 Å². The maximum Gasteiger partial charge on any atom is 0.241 e. The van der Waals surface area contributed by atoms with E-state index in [2.05, 4.69) is 44.4 Å². The van der Waals surface area contributed by atoms with Crippen LogP contribution in [-0.4, -0.2) is 11.9 Å². The molecular weight excluding hydrogens is 224 g/mol. The van der Waals surface area contributed by atoms with Gasteiger partial charge in [0.15, 0.2) is 0 Å². The average Bonchev–Trinajstić information content (AvgIpc) is 2.44. The summed E-state index contributed by atoms with van der Waals surface area (Å²) in [6.07, 6.45) is 0.984. The van der Waals surface area contributed by atoms with Gasteiger partial charge in [0.05, 0.1) is 6.04 Å². The van der Waals surface area contributed by atoms with Crippen LogP contribution in [0.25, 0.3) is 0 Å². The zero-order valence-corrected chi connectivity index (χ0v) is 11.6. The molecule has 18 heavy (non-hydrogen) atoms. The van der Waals surface area contributed by atoms with E-state index in [0.29, 0.717) is 5.92 Å². The number of hydrogen-bond acceptors (Lipinski definition) is 2. The zero-order valence-electron chi connectivity index (χ0n) is 11.6. The molecule has 1 aliphatic rings. The lowest BCUT2D eigenvalue weighted by Gasteiger charge is -2.31. The van der Waals surface area contributed by atoms with Crippen molar-refractivity contribution < 1.29 is 4.79 Å². The van der Waals surface area contributed by atoms with E-state index in [1.165, 1.54) is 0 Å². The van der Waals surface area contributed by atoms with E-state index in [1.807, 2.05) is 18.2 Å². The first-order chi connectivity index (χ1) is 8.45. The monoisotopic (exact) mass is 246 g/mol. The molecule has 0 aliphatic carbocycles. The van der Waals surface area contributed by atoms with Gasteiger partial charge in [0.2, 0.25) is 5.91 Å². The lowest BCUT2D eigenvalue weighted by atomic mass is 9.90. The third kappa shape index (κ3) is 2.27. The van der Waals surface area contributed by atoms with Gasteiger partial charge in [-0.3, -0.25) is 10.1 Å². The Morgan fingerprint density at radius 2 is 2.00 bits per heavy atom. The van der Waals surface area contributed by atoms with E-state index in [1.54, 1.807) is 0 Å². The number of benzene rings is 1. The van der Waals surface area contributed by atoms with Crippen molar-refractivity contribution in [3.05, 3.63) is 29.8 Å². The number of carbonyl (C=O) groups is 1. The summed E-state index contributed by atoms with van der Waals surface area (Å²) in [4.78, 5) is 12.3. The fourth-order valence-electron chi connectivity index (χ4n) is 2.52. The molecule has 1 amide bonds. The summed E-state index contributed by atoms with van der Waals surface area (Å²) < 4.78 is 0. The van der Waals surface area contributed by atoms with Crippen molar-refractivity contribution >= 4 is 11.6 Å². The van der Waals surface area contributed by atoms with E-state index in [-0.39, 0.29) is 17.5 Å². The fraction of sp³-hybridized carbons (Fsp3) is 0.533. The van der Waals surface area contributed by atoms with Gasteiger partial charge in [0.25, 0.3) is 0 Å². The van der Waals surface area contributed by atoms with E-state index < -0.39 is 0 Å². The van der Waals surface area contributed by atoms with E-state index in [0.717, 1.165) is 17.7 Å². The van der Waals surface area contributed by atoms with Crippen molar-refractivity contribution in [2.75, 3.05) is 5.32 Å². The van der Waals surface area contributed by atoms with Crippen LogP contribution in [0.15, 0.2) is 24.3 Å². The van der Waals surface area contributed by atoms with Gasteiger partial charge in [-0.25, -0.2) is 0 Å². The highest BCUT2D eigenvalue weighted by Gasteiger charge is 2.35. The molecule has 1 heterocycles. The first-order valence-corrected chi connectivity index (χ1v) is 6.63. The smallest absolute Gasteiger partial charge is 0.241 e. The number of nitrogens with one attached hydrogen (secondary N) is 2. The number of rotatable bonds is 2. The van der Waals surface area contributed by atoms with Crippen molar-refractivity contribution in [2.45, 2.75) is 45.7 Å². The van der Waals surface area contributed by atoms with Gasteiger partial charge in [0, 0.05) is 11.2 Å². The number of para-hydroxylation sites is 1. The number of amides is 1. The molecule has 0 saturated carbocycles. The number of carbonyl (C=O) groups excluding carboxylic acids is 1. The molecule has 2 rings (SSSR count). The van der Waals surface area contributed by atoms with E-state index >= 15 is 0 Å². The summed E-state index contributed by atoms with van der Waals surface area (Å²) in [7, 11) is 0. The average molecular weight is 246 g/mol. The van der Waals surface area contributed by atoms with Crippen LogP contribution in [0.4, 0.5) is 5.69 Å². The van der Waals surface area contributed by atoms with Crippen molar-refractivity contribution in [3.63, 3.8) is 0 Å². The van der Waals surface area contributed by atoms with Crippen molar-refractivity contribution in [1.82, 2.24) is 5.32 Å². The molecule has 1 aromatic carbocycles. The van der Waals surface area contributed by atoms with Gasteiger partial charge in [0.1, 0.15) is 0 Å². The molecule has 1 aromatic rings. The lowest BCUT2D eigenvalue weighted by molar-refractivity contribution is -0.119. The maximum absolute atomic E-state index is 12.3. The molecule has 0 fully saturated rings. The summed E-state index contributed by atoms with van der Waals surface area (Å²) in [5.74, 6) is 0.390. The second-order valence-corrected chi connectivity index (χ2v) is 5.67. The molecule has 3 nitrogen and oxygen atoms in total. The summed E-state index contributed by atoms with van der Waals surface area (Å²) in [5, 5.41) is 6.54. The molecule has 0 bridgehead atoms. The third-order valence-electron chi connectivity index (χ3n) is 3.87. The second-order valence-electron chi connectivity index (χ2n) is 5.67. The number of fused-ring (bicyclic) bond motifs is 1. The molecule has 3 heteroatoms. The van der Waals surface area contributed by atoms with Crippen LogP contribution in [0.5, 0.6) is 0 Å². The van der Waals surface area contributed by atoms with Crippen LogP contribution < -0.4 is 10.6 Å². The second kappa shape index (κ2) is 4.73. The standard InChI is InChI=1S/C15H22N2O/c1-5-10(2)13-14(18)16-12-9-7-6-8-11(12)15(3,4)17-13/h6-10,13,17H,5H2,1-4H3,(H,16,18)/t10-,13?/m0/s1. The molecule has 1 aliphatic heterocycles. The third-order valence-corrected chi connectivity index (χ3v) is 3.87. The molecule has 0 saturated heterocycles. The molecule has 1 unspecified atom stereocenters. The first-order valence-electron chi connectivity index (χ1n) is 6.63. The number of anilines is 1. The van der Waals surface area contributed by atoms with Crippen LogP contribution in [0, 0.1) is 5.92 Å². The Kier molecular flexibility index (Phi) is 3.44. The Balaban J connectivity index is 2.42. The van der Waals surface area contributed by atoms with Crippen LogP contribution in [0.2, 0.25) is 0 Å². The van der Waals surface area contributed by atoms with Gasteiger partial charge in [-0.05, 0) is 31.4 Å². The summed E-state index contributed by atoms with van der Waals surface area (Å²) in [5.41, 5.74) is 1.86. The minimum atomic E-state index is -0.205. The molecule has 2 atom stereocenters. The zero-order chi connectivity index (χ0) is 13.3. The molecule has 0 spiro atoms. The van der Waals surface area contributed by atoms with Crippen LogP contribution >= 0.6 is 0 Å². The van der Waals surface area contributed by atoms with Crippen molar-refractivity contribution in [2.24, 2.45) is 5.92 Å². The van der Waals surface area contributed by atoms with E-state index in [9.17, 15) is 4.79 Å². The SMILES string of the molecule is CC[C@H](C)C1NC(C)(C)c2ccccc2NC1=O. The Morgan fingerprint density at radius 1 is 1.33 bits per heavy atom.